The molecule has 10 heteroatoms. The van der Waals surface area contributed by atoms with Gasteiger partial charge in [-0.2, -0.15) is 4.31 Å². The van der Waals surface area contributed by atoms with Crippen molar-refractivity contribution in [1.29, 1.82) is 0 Å². The molecule has 0 bridgehead atoms. The number of benzene rings is 2. The van der Waals surface area contributed by atoms with Gasteiger partial charge in [-0.3, -0.25) is 9.59 Å². The maximum Gasteiger partial charge on any atom is 0.243 e. The van der Waals surface area contributed by atoms with E-state index in [9.17, 15) is 22.4 Å². The quantitative estimate of drug-likeness (QED) is 0.575. The Kier molecular flexibility index (Phi) is 8.40. The summed E-state index contributed by atoms with van der Waals surface area (Å²) in [6.45, 7) is 0.813. The van der Waals surface area contributed by atoms with E-state index in [1.165, 1.54) is 16.4 Å². The minimum Gasteiger partial charge on any atom is -0.496 e. The smallest absolute Gasteiger partial charge is 0.243 e. The molecule has 2 aromatic carbocycles. The van der Waals surface area contributed by atoms with Gasteiger partial charge in [-0.15, -0.1) is 0 Å². The van der Waals surface area contributed by atoms with Crippen molar-refractivity contribution in [3.63, 3.8) is 0 Å². The van der Waals surface area contributed by atoms with Crippen molar-refractivity contribution < 1.29 is 27.1 Å². The molecule has 1 atom stereocenters. The number of amides is 2. The molecular formula is C23H28FN3O5S. The molecule has 1 heterocycles. The SMILES string of the molecule is COc1ccccc1CNC(=O)CCNC(=O)C1CCCN(S(=O)(=O)c2ccc(F)cc2)C1. The summed E-state index contributed by atoms with van der Waals surface area (Å²) in [6.07, 6.45) is 1.20. The van der Waals surface area contributed by atoms with Crippen LogP contribution in [0.2, 0.25) is 0 Å². The van der Waals surface area contributed by atoms with E-state index in [0.717, 1.165) is 17.7 Å². The Labute approximate surface area is 193 Å². The van der Waals surface area contributed by atoms with Crippen LogP contribution in [0.4, 0.5) is 4.39 Å². The van der Waals surface area contributed by atoms with Gasteiger partial charge in [-0.05, 0) is 43.2 Å². The van der Waals surface area contributed by atoms with Gasteiger partial charge in [-0.25, -0.2) is 12.8 Å². The third-order valence-corrected chi connectivity index (χ3v) is 7.41. The summed E-state index contributed by atoms with van der Waals surface area (Å²) in [4.78, 5) is 24.7. The largest absolute Gasteiger partial charge is 0.496 e. The summed E-state index contributed by atoms with van der Waals surface area (Å²) >= 11 is 0. The van der Waals surface area contributed by atoms with Crippen molar-refractivity contribution >= 4 is 21.8 Å². The van der Waals surface area contributed by atoms with Crippen LogP contribution in [-0.4, -0.2) is 51.3 Å². The lowest BCUT2D eigenvalue weighted by Crippen LogP contribution is -2.45. The average Bonchev–Trinajstić information content (AvgIpc) is 2.83. The molecule has 1 saturated heterocycles. The summed E-state index contributed by atoms with van der Waals surface area (Å²) in [6, 6.07) is 12.0. The fourth-order valence-corrected chi connectivity index (χ4v) is 5.23. The number of carbonyl (C=O) groups is 2. The molecule has 33 heavy (non-hydrogen) atoms. The van der Waals surface area contributed by atoms with Crippen LogP contribution in [0.1, 0.15) is 24.8 Å². The minimum atomic E-state index is -3.81. The van der Waals surface area contributed by atoms with Crippen LogP contribution in [0.5, 0.6) is 5.75 Å². The van der Waals surface area contributed by atoms with Crippen molar-refractivity contribution in [1.82, 2.24) is 14.9 Å². The number of carbonyl (C=O) groups excluding carboxylic acids is 2. The Hall–Kier alpha value is -2.98. The lowest BCUT2D eigenvalue weighted by atomic mass is 9.99. The summed E-state index contributed by atoms with van der Waals surface area (Å²) in [7, 11) is -2.24. The Morgan fingerprint density at radius 1 is 1.12 bits per heavy atom. The molecule has 1 aliphatic heterocycles. The zero-order valence-electron chi connectivity index (χ0n) is 18.4. The van der Waals surface area contributed by atoms with Crippen LogP contribution in [0.15, 0.2) is 53.4 Å². The molecule has 0 aliphatic carbocycles. The molecule has 0 radical (unpaired) electrons. The molecule has 2 N–H and O–H groups in total. The van der Waals surface area contributed by atoms with E-state index in [4.69, 9.17) is 4.74 Å². The number of nitrogens with zero attached hydrogens (tertiary/aromatic N) is 1. The van der Waals surface area contributed by atoms with Crippen LogP contribution in [0, 0.1) is 11.7 Å². The highest BCUT2D eigenvalue weighted by Crippen LogP contribution is 2.24. The molecule has 1 unspecified atom stereocenters. The Morgan fingerprint density at radius 2 is 1.85 bits per heavy atom. The first-order chi connectivity index (χ1) is 15.8. The highest BCUT2D eigenvalue weighted by atomic mass is 32.2. The summed E-state index contributed by atoms with van der Waals surface area (Å²) in [5.41, 5.74) is 0.849. The van der Waals surface area contributed by atoms with Crippen LogP contribution in [0.3, 0.4) is 0 Å². The van der Waals surface area contributed by atoms with Crippen molar-refractivity contribution in [2.45, 2.75) is 30.7 Å². The Bertz CT molecular complexity index is 1080. The van der Waals surface area contributed by atoms with Crippen LogP contribution < -0.4 is 15.4 Å². The second-order valence-electron chi connectivity index (χ2n) is 7.79. The maximum atomic E-state index is 13.1. The van der Waals surface area contributed by atoms with E-state index in [-0.39, 0.29) is 36.2 Å². The number of rotatable bonds is 9. The summed E-state index contributed by atoms with van der Waals surface area (Å²) < 4.78 is 45.3. The van der Waals surface area contributed by atoms with Gasteiger partial charge in [0, 0.05) is 38.2 Å². The van der Waals surface area contributed by atoms with E-state index in [0.29, 0.717) is 31.7 Å². The molecule has 0 aromatic heterocycles. The lowest BCUT2D eigenvalue weighted by molar-refractivity contribution is -0.126. The number of nitrogens with one attached hydrogen (secondary N) is 2. The number of halogens is 1. The maximum absolute atomic E-state index is 13.1. The monoisotopic (exact) mass is 477 g/mol. The predicted octanol–water partition coefficient (Wildman–Crippen LogP) is 2.06. The number of methoxy groups -OCH3 is 1. The van der Waals surface area contributed by atoms with Gasteiger partial charge in [0.05, 0.1) is 17.9 Å². The first kappa shape index (κ1) is 24.7. The minimum absolute atomic E-state index is 0.00308. The molecule has 3 rings (SSSR count). The summed E-state index contributed by atoms with van der Waals surface area (Å²) in [5, 5.41) is 5.52. The number of hydrogen-bond acceptors (Lipinski definition) is 5. The Morgan fingerprint density at radius 3 is 2.58 bits per heavy atom. The van der Waals surface area contributed by atoms with E-state index in [2.05, 4.69) is 10.6 Å². The second kappa shape index (κ2) is 11.2. The van der Waals surface area contributed by atoms with E-state index >= 15 is 0 Å². The van der Waals surface area contributed by atoms with Gasteiger partial charge < -0.3 is 15.4 Å². The number of ether oxygens (including phenoxy) is 1. The molecule has 178 valence electrons. The predicted molar refractivity (Wildman–Crippen MR) is 120 cm³/mol. The van der Waals surface area contributed by atoms with Gasteiger partial charge in [0.2, 0.25) is 21.8 Å². The van der Waals surface area contributed by atoms with Gasteiger partial charge in [-0.1, -0.05) is 18.2 Å². The zero-order valence-corrected chi connectivity index (χ0v) is 19.2. The topological polar surface area (TPSA) is 105 Å². The highest BCUT2D eigenvalue weighted by Gasteiger charge is 2.33. The average molecular weight is 478 g/mol. The third kappa shape index (κ3) is 6.52. The highest BCUT2D eigenvalue weighted by molar-refractivity contribution is 7.89. The van der Waals surface area contributed by atoms with Crippen molar-refractivity contribution in [3.8, 4) is 5.75 Å². The number of hydrogen-bond donors (Lipinski definition) is 2. The van der Waals surface area contributed by atoms with Crippen LogP contribution in [-0.2, 0) is 26.2 Å². The summed E-state index contributed by atoms with van der Waals surface area (Å²) in [5.74, 6) is -0.845. The molecule has 0 spiro atoms. The standard InChI is InChI=1S/C23H28FN3O5S/c1-32-21-7-3-2-5-17(21)15-26-22(28)12-13-25-23(29)18-6-4-14-27(16-18)33(30,31)20-10-8-19(24)9-11-20/h2-3,5,7-11,18H,4,6,12-16H2,1H3,(H,25,29)(H,26,28). The molecule has 2 amide bonds. The number of sulfonamides is 1. The van der Waals surface area contributed by atoms with Crippen LogP contribution >= 0.6 is 0 Å². The normalized spacial score (nSPS) is 16.7. The van der Waals surface area contributed by atoms with E-state index < -0.39 is 21.8 Å². The van der Waals surface area contributed by atoms with Gasteiger partial charge in [0.1, 0.15) is 11.6 Å². The van der Waals surface area contributed by atoms with E-state index in [1.807, 2.05) is 24.3 Å². The molecule has 1 aliphatic rings. The van der Waals surface area contributed by atoms with Crippen molar-refractivity contribution in [3.05, 3.63) is 59.9 Å². The number of piperidine rings is 1. The first-order valence-electron chi connectivity index (χ1n) is 10.7. The van der Waals surface area contributed by atoms with Gasteiger partial charge in [0.25, 0.3) is 0 Å². The third-order valence-electron chi connectivity index (χ3n) is 5.53. The Balaban J connectivity index is 1.46. The van der Waals surface area contributed by atoms with E-state index in [1.54, 1.807) is 7.11 Å². The fourth-order valence-electron chi connectivity index (χ4n) is 3.71. The second-order valence-corrected chi connectivity index (χ2v) is 9.72. The fraction of sp³-hybridized carbons (Fsp3) is 0.391. The molecule has 0 saturated carbocycles. The van der Waals surface area contributed by atoms with Gasteiger partial charge >= 0.3 is 0 Å². The number of para-hydroxylation sites is 1. The molecular weight excluding hydrogens is 449 g/mol. The van der Waals surface area contributed by atoms with Crippen molar-refractivity contribution in [2.75, 3.05) is 26.7 Å². The van der Waals surface area contributed by atoms with Crippen LogP contribution in [0.25, 0.3) is 0 Å². The van der Waals surface area contributed by atoms with Crippen molar-refractivity contribution in [2.24, 2.45) is 5.92 Å². The molecule has 2 aromatic rings. The van der Waals surface area contributed by atoms with Gasteiger partial charge in [0.15, 0.2) is 0 Å². The first-order valence-corrected chi connectivity index (χ1v) is 12.2. The zero-order chi connectivity index (χ0) is 23.8. The molecule has 8 nitrogen and oxygen atoms in total. The lowest BCUT2D eigenvalue weighted by Gasteiger charge is -2.31. The molecule has 1 fully saturated rings.